The molecule has 1 heterocycles. The molecule has 0 saturated heterocycles. The highest BCUT2D eigenvalue weighted by atomic mass is 35.5. The van der Waals surface area contributed by atoms with Gasteiger partial charge < -0.3 is 15.2 Å². The number of aromatic amines is 1. The molecule has 0 saturated carbocycles. The van der Waals surface area contributed by atoms with Gasteiger partial charge in [-0.3, -0.25) is 9.59 Å². The number of benzene rings is 2. The van der Waals surface area contributed by atoms with E-state index in [-0.39, 0.29) is 18.0 Å². The summed E-state index contributed by atoms with van der Waals surface area (Å²) in [5, 5.41) is 3.88. The van der Waals surface area contributed by atoms with Crippen LogP contribution in [0.25, 0.3) is 10.9 Å². The number of quaternary nitrogens is 1. The van der Waals surface area contributed by atoms with Gasteiger partial charge in [0.05, 0.1) is 28.2 Å². The maximum Gasteiger partial charge on any atom is 0.279 e. The van der Waals surface area contributed by atoms with E-state index in [1.54, 1.807) is 18.2 Å². The second kappa shape index (κ2) is 8.12. The Bertz CT molecular complexity index is 986. The molecule has 0 fully saturated rings. The second-order valence-corrected chi connectivity index (χ2v) is 6.42. The summed E-state index contributed by atoms with van der Waals surface area (Å²) in [6.45, 7) is 3.40. The van der Waals surface area contributed by atoms with Crippen molar-refractivity contribution >= 4 is 34.1 Å². The van der Waals surface area contributed by atoms with Crippen LogP contribution in [0, 0.1) is 0 Å². The van der Waals surface area contributed by atoms with Gasteiger partial charge in [0.1, 0.15) is 6.54 Å². The molecule has 1 unspecified atom stereocenters. The molecule has 6 nitrogen and oxygen atoms in total. The molecule has 1 amide bonds. The minimum Gasteiger partial charge on any atom is -0.321 e. The molecule has 3 N–H and O–H groups in total. The predicted molar refractivity (Wildman–Crippen MR) is 103 cm³/mol. The summed E-state index contributed by atoms with van der Waals surface area (Å²) in [5.41, 5.74) is 1.08. The average Bonchev–Trinajstić information content (AvgIpc) is 2.63. The Morgan fingerprint density at radius 3 is 2.69 bits per heavy atom. The van der Waals surface area contributed by atoms with Gasteiger partial charge in [-0.25, -0.2) is 4.98 Å². The van der Waals surface area contributed by atoms with E-state index in [2.05, 4.69) is 15.3 Å². The summed E-state index contributed by atoms with van der Waals surface area (Å²) in [5.74, 6) is 0.425. The van der Waals surface area contributed by atoms with E-state index in [0.29, 0.717) is 40.5 Å². The number of rotatable bonds is 6. The number of anilines is 1. The molecule has 3 aromatic rings. The predicted octanol–water partition coefficient (Wildman–Crippen LogP) is 1.62. The van der Waals surface area contributed by atoms with Crippen molar-refractivity contribution in [3.63, 3.8) is 0 Å². The molecule has 0 aliphatic rings. The summed E-state index contributed by atoms with van der Waals surface area (Å²) in [6, 6.07) is 14.3. The summed E-state index contributed by atoms with van der Waals surface area (Å²) in [6.07, 6.45) is 0. The minimum atomic E-state index is -0.165. The van der Waals surface area contributed by atoms with Crippen molar-refractivity contribution in [2.75, 3.05) is 18.4 Å². The number of hydrogen-bond donors (Lipinski definition) is 3. The molecule has 26 heavy (non-hydrogen) atoms. The molecule has 134 valence electrons. The number of H-pyrrole nitrogens is 1. The number of aromatic nitrogens is 2. The van der Waals surface area contributed by atoms with Crippen LogP contribution in [0.3, 0.4) is 0 Å². The van der Waals surface area contributed by atoms with E-state index in [1.165, 1.54) is 0 Å². The number of fused-ring (bicyclic) bond motifs is 1. The Balaban J connectivity index is 1.70. The van der Waals surface area contributed by atoms with Gasteiger partial charge >= 0.3 is 0 Å². The quantitative estimate of drug-likeness (QED) is 0.616. The monoisotopic (exact) mass is 371 g/mol. The molecule has 0 spiro atoms. The van der Waals surface area contributed by atoms with Crippen LogP contribution in [0.5, 0.6) is 0 Å². The molecule has 0 aliphatic carbocycles. The van der Waals surface area contributed by atoms with Crippen molar-refractivity contribution in [1.29, 1.82) is 0 Å². The first kappa shape index (κ1) is 18.1. The SMILES string of the molecule is CC[NH+](CC(=O)Nc1ccccc1Cl)Cc1nc2ccccc2c(=O)[nH]1. The van der Waals surface area contributed by atoms with Crippen LogP contribution in [0.1, 0.15) is 12.7 Å². The fourth-order valence-electron chi connectivity index (χ4n) is 2.75. The van der Waals surface area contributed by atoms with Gasteiger partial charge in [-0.15, -0.1) is 0 Å². The number of halogens is 1. The maximum atomic E-state index is 12.3. The van der Waals surface area contributed by atoms with Gasteiger partial charge in [-0.05, 0) is 31.2 Å². The van der Waals surface area contributed by atoms with E-state index < -0.39 is 0 Å². The number of hydrogen-bond acceptors (Lipinski definition) is 3. The molecule has 0 aliphatic heterocycles. The number of likely N-dealkylation sites (N-methyl/N-ethyl adjacent to an activating group) is 1. The Hall–Kier alpha value is -2.70. The summed E-state index contributed by atoms with van der Waals surface area (Å²) in [7, 11) is 0. The molecule has 7 heteroatoms. The molecule has 1 aromatic heterocycles. The molecule has 0 bridgehead atoms. The van der Waals surface area contributed by atoms with Crippen LogP contribution in [0.2, 0.25) is 5.02 Å². The van der Waals surface area contributed by atoms with Crippen LogP contribution in [0.15, 0.2) is 53.3 Å². The molecular formula is C19H20ClN4O2+. The lowest BCUT2D eigenvalue weighted by atomic mass is 10.2. The first-order valence-electron chi connectivity index (χ1n) is 8.42. The number of carbonyl (C=O) groups is 1. The normalized spacial score (nSPS) is 12.1. The fourth-order valence-corrected chi connectivity index (χ4v) is 2.93. The van der Waals surface area contributed by atoms with Crippen LogP contribution >= 0.6 is 11.6 Å². The van der Waals surface area contributed by atoms with Gasteiger partial charge in [0, 0.05) is 0 Å². The minimum absolute atomic E-state index is 0.141. The molecule has 1 atom stereocenters. The zero-order chi connectivity index (χ0) is 18.5. The second-order valence-electron chi connectivity index (χ2n) is 6.01. The average molecular weight is 372 g/mol. The third kappa shape index (κ3) is 4.28. The van der Waals surface area contributed by atoms with Crippen LogP contribution in [0.4, 0.5) is 5.69 Å². The Kier molecular flexibility index (Phi) is 5.65. The highest BCUT2D eigenvalue weighted by molar-refractivity contribution is 6.33. The Morgan fingerprint density at radius 1 is 1.19 bits per heavy atom. The Morgan fingerprint density at radius 2 is 1.92 bits per heavy atom. The lowest BCUT2D eigenvalue weighted by Crippen LogP contribution is -3.11. The van der Waals surface area contributed by atoms with Crippen molar-refractivity contribution in [1.82, 2.24) is 9.97 Å². The smallest absolute Gasteiger partial charge is 0.279 e. The van der Waals surface area contributed by atoms with Crippen molar-refractivity contribution in [3.8, 4) is 0 Å². The standard InChI is InChI=1S/C19H19ClN4O2/c1-2-24(12-18(25)22-16-10-6-4-8-14(16)20)11-17-21-15-9-5-3-7-13(15)19(26)23-17/h3-10H,2,11-12H2,1H3,(H,22,25)(H,21,23,26)/p+1. The number of nitrogens with one attached hydrogen (secondary N) is 3. The third-order valence-corrected chi connectivity index (χ3v) is 4.47. The molecule has 3 rings (SSSR count). The van der Waals surface area contributed by atoms with Crippen LogP contribution in [-0.2, 0) is 11.3 Å². The van der Waals surface area contributed by atoms with Crippen molar-refractivity contribution in [2.45, 2.75) is 13.5 Å². The van der Waals surface area contributed by atoms with Gasteiger partial charge in [0.2, 0.25) is 0 Å². The zero-order valence-electron chi connectivity index (χ0n) is 14.4. The van der Waals surface area contributed by atoms with Gasteiger partial charge in [0.15, 0.2) is 12.4 Å². The van der Waals surface area contributed by atoms with E-state index in [0.717, 1.165) is 4.90 Å². The summed E-state index contributed by atoms with van der Waals surface area (Å²) in [4.78, 5) is 32.8. The van der Waals surface area contributed by atoms with Crippen molar-refractivity contribution < 1.29 is 9.69 Å². The first-order valence-corrected chi connectivity index (χ1v) is 8.80. The topological polar surface area (TPSA) is 79.3 Å². The largest absolute Gasteiger partial charge is 0.321 e. The zero-order valence-corrected chi connectivity index (χ0v) is 15.1. The number of para-hydroxylation sites is 2. The van der Waals surface area contributed by atoms with E-state index in [4.69, 9.17) is 11.6 Å². The highest BCUT2D eigenvalue weighted by Crippen LogP contribution is 2.19. The van der Waals surface area contributed by atoms with Crippen LogP contribution in [-0.4, -0.2) is 29.0 Å². The molecule has 2 aromatic carbocycles. The van der Waals surface area contributed by atoms with E-state index in [1.807, 2.05) is 37.3 Å². The Labute approximate surface area is 155 Å². The maximum absolute atomic E-state index is 12.3. The van der Waals surface area contributed by atoms with E-state index >= 15 is 0 Å². The van der Waals surface area contributed by atoms with Crippen LogP contribution < -0.4 is 15.8 Å². The lowest BCUT2D eigenvalue weighted by Gasteiger charge is -2.17. The highest BCUT2D eigenvalue weighted by Gasteiger charge is 2.16. The lowest BCUT2D eigenvalue weighted by molar-refractivity contribution is -0.904. The summed E-state index contributed by atoms with van der Waals surface area (Å²) >= 11 is 6.07. The molecule has 0 radical (unpaired) electrons. The summed E-state index contributed by atoms with van der Waals surface area (Å²) < 4.78 is 0. The van der Waals surface area contributed by atoms with E-state index in [9.17, 15) is 9.59 Å². The third-order valence-electron chi connectivity index (χ3n) is 4.14. The first-order chi connectivity index (χ1) is 12.6. The van der Waals surface area contributed by atoms with Gasteiger partial charge in [0.25, 0.3) is 11.5 Å². The molecular weight excluding hydrogens is 352 g/mol. The van der Waals surface area contributed by atoms with Gasteiger partial charge in [-0.1, -0.05) is 35.9 Å². The number of amides is 1. The fraction of sp³-hybridized carbons (Fsp3) is 0.211. The van der Waals surface area contributed by atoms with Gasteiger partial charge in [-0.2, -0.15) is 0 Å². The van der Waals surface area contributed by atoms with Crippen molar-refractivity contribution in [3.05, 3.63) is 69.7 Å². The number of nitrogens with zero attached hydrogens (tertiary/aromatic N) is 1. The van der Waals surface area contributed by atoms with Crippen molar-refractivity contribution in [2.24, 2.45) is 0 Å². The number of carbonyl (C=O) groups excluding carboxylic acids is 1.